The number of nitrogens with one attached hydrogen (secondary N) is 3. The highest BCUT2D eigenvalue weighted by molar-refractivity contribution is 6.07. The number of ether oxygens (including phenoxy) is 1. The molecular formula is C48H62ClN9O7. The van der Waals surface area contributed by atoms with Gasteiger partial charge in [-0.2, -0.15) is 0 Å². The van der Waals surface area contributed by atoms with Crippen LogP contribution in [0.5, 0.6) is 5.75 Å². The molecule has 3 aromatic rings. The van der Waals surface area contributed by atoms with Crippen LogP contribution in [0, 0.1) is 5.92 Å². The molecule has 3 atom stereocenters. The van der Waals surface area contributed by atoms with Gasteiger partial charge in [0.2, 0.25) is 23.6 Å². The van der Waals surface area contributed by atoms with E-state index in [9.17, 15) is 28.8 Å². The first-order valence-corrected chi connectivity index (χ1v) is 23.1. The molecule has 0 radical (unpaired) electrons. The van der Waals surface area contributed by atoms with Gasteiger partial charge in [0.1, 0.15) is 29.3 Å². The summed E-state index contributed by atoms with van der Waals surface area (Å²) in [5.41, 5.74) is 4.01. The second-order valence-electron chi connectivity index (χ2n) is 17.9. The Hall–Kier alpha value is -5.45. The number of benzene rings is 2. The number of Topliss-reactive ketones (excluding diaryl/α,β-unsaturated/α-hetero) is 1. The summed E-state index contributed by atoms with van der Waals surface area (Å²) >= 11 is 0. The summed E-state index contributed by atoms with van der Waals surface area (Å²) in [6, 6.07) is 10.2. The minimum atomic E-state index is -0.707. The molecule has 3 fully saturated rings. The summed E-state index contributed by atoms with van der Waals surface area (Å²) in [6.45, 7) is 6.57. The van der Waals surface area contributed by atoms with Crippen molar-refractivity contribution >= 4 is 64.9 Å². The van der Waals surface area contributed by atoms with E-state index in [1.807, 2.05) is 25.2 Å². The van der Waals surface area contributed by atoms with Gasteiger partial charge < -0.3 is 35.0 Å². The maximum Gasteiger partial charge on any atom is 0.255 e. The van der Waals surface area contributed by atoms with Crippen LogP contribution in [-0.2, 0) is 32.1 Å². The van der Waals surface area contributed by atoms with Gasteiger partial charge in [-0.25, -0.2) is 9.97 Å². The van der Waals surface area contributed by atoms with Crippen molar-refractivity contribution in [1.82, 2.24) is 30.4 Å². The first kappa shape index (κ1) is 47.5. The third kappa shape index (κ3) is 10.5. The standard InChI is InChI=1S/C48H61N9O7.ClH/c1-4-37-48(63)54(2)39-27-50-42(52-45(39)57(37)33-10-5-6-11-33)26-32-16-15-31(25-41(32)64-3)40(58)24-30-19-22-55(28-30)23-21-49-20-8-7-14-43(59)51-36-13-9-12-34-35(36)29-56(47(34)62)38-17-18-44(60)53-46(38)61;/h9,12-13,15-16,25,27,30,33,37-38,49H,4-8,10-11,14,17-24,26,28-29H2,1-3H3,(H,51,59)(H,53,60,61);1H/t30?,37-,38?;/m1./s1. The molecule has 0 spiro atoms. The molecule has 5 heterocycles. The number of carbonyl (C=O) groups is 6. The predicted molar refractivity (Wildman–Crippen MR) is 249 cm³/mol. The molecule has 16 nitrogen and oxygen atoms in total. The molecule has 5 aliphatic rings. The zero-order valence-corrected chi connectivity index (χ0v) is 38.6. The summed E-state index contributed by atoms with van der Waals surface area (Å²) < 4.78 is 5.80. The number of likely N-dealkylation sites (tertiary alicyclic amines) is 1. The maximum absolute atomic E-state index is 13.5. The number of amides is 5. The minimum Gasteiger partial charge on any atom is -0.496 e. The highest BCUT2D eigenvalue weighted by Gasteiger charge is 2.42. The van der Waals surface area contributed by atoms with E-state index in [0.717, 1.165) is 88.3 Å². The lowest BCUT2D eigenvalue weighted by Gasteiger charge is -2.43. The van der Waals surface area contributed by atoms with Gasteiger partial charge in [-0.05, 0) is 82.2 Å². The molecule has 0 bridgehead atoms. The number of anilines is 3. The number of methoxy groups -OCH3 is 1. The van der Waals surface area contributed by atoms with Crippen LogP contribution in [0.4, 0.5) is 17.2 Å². The number of ketones is 1. The lowest BCUT2D eigenvalue weighted by molar-refractivity contribution is -0.137. The molecule has 5 amide bonds. The molecule has 1 aliphatic carbocycles. The summed E-state index contributed by atoms with van der Waals surface area (Å²) in [5.74, 6) is 1.39. The molecule has 1 aromatic heterocycles. The van der Waals surface area contributed by atoms with Gasteiger partial charge in [-0.15, -0.1) is 12.4 Å². The Kier molecular flexibility index (Phi) is 15.5. The fourth-order valence-corrected chi connectivity index (χ4v) is 10.2. The van der Waals surface area contributed by atoms with Crippen LogP contribution < -0.4 is 30.5 Å². The number of rotatable bonds is 18. The number of nitrogens with zero attached hydrogens (tertiary/aromatic N) is 6. The average molecular weight is 913 g/mol. The number of hydrogen-bond donors (Lipinski definition) is 3. The fourth-order valence-electron chi connectivity index (χ4n) is 10.2. The predicted octanol–water partition coefficient (Wildman–Crippen LogP) is 5.06. The molecule has 2 aromatic carbocycles. The van der Waals surface area contributed by atoms with E-state index in [1.54, 1.807) is 36.4 Å². The van der Waals surface area contributed by atoms with Crippen molar-refractivity contribution in [3.63, 3.8) is 0 Å². The van der Waals surface area contributed by atoms with Crippen molar-refractivity contribution in [1.29, 1.82) is 0 Å². The number of aromatic nitrogens is 2. The van der Waals surface area contributed by atoms with E-state index in [-0.39, 0.29) is 73.2 Å². The zero-order valence-electron chi connectivity index (χ0n) is 37.7. The maximum atomic E-state index is 13.5. The van der Waals surface area contributed by atoms with Crippen molar-refractivity contribution in [3.05, 3.63) is 70.7 Å². The molecule has 2 unspecified atom stereocenters. The summed E-state index contributed by atoms with van der Waals surface area (Å²) in [4.78, 5) is 94.5. The number of unbranched alkanes of at least 4 members (excludes halogenated alkanes) is 1. The van der Waals surface area contributed by atoms with Crippen LogP contribution in [0.25, 0.3) is 0 Å². The Balaban J connectivity index is 0.00000630. The van der Waals surface area contributed by atoms with Gasteiger partial charge in [0.25, 0.3) is 5.91 Å². The molecule has 348 valence electrons. The molecule has 2 saturated heterocycles. The Morgan fingerprint density at radius 1 is 1.00 bits per heavy atom. The SMILES string of the molecule is CC[C@@H]1C(=O)N(C)c2cnc(Cc3ccc(C(=O)CC4CCN(CCNCCCCC(=O)Nc5cccc6c5CN(C5CCC(=O)NC5=O)C6=O)C4)cc3OC)nc2N1C1CCCC1.Cl. The number of likely N-dealkylation sites (N-methyl/N-ethyl adjacent to an activating group) is 1. The Labute approximate surface area is 387 Å². The van der Waals surface area contributed by atoms with Gasteiger partial charge in [0.15, 0.2) is 11.6 Å². The normalized spacial score (nSPS) is 21.0. The first-order valence-electron chi connectivity index (χ1n) is 23.1. The molecule has 3 N–H and O–H groups in total. The molecule has 65 heavy (non-hydrogen) atoms. The molecule has 4 aliphatic heterocycles. The third-order valence-corrected chi connectivity index (χ3v) is 13.7. The fraction of sp³-hybridized carbons (Fsp3) is 0.542. The highest BCUT2D eigenvalue weighted by Crippen LogP contribution is 2.40. The quantitative estimate of drug-likeness (QED) is 0.0878. The highest BCUT2D eigenvalue weighted by atomic mass is 35.5. The lowest BCUT2D eigenvalue weighted by Crippen LogP contribution is -2.55. The number of fused-ring (bicyclic) bond motifs is 2. The Bertz CT molecular complexity index is 2290. The van der Waals surface area contributed by atoms with Crippen molar-refractivity contribution in [2.24, 2.45) is 5.92 Å². The molecule has 8 rings (SSSR count). The van der Waals surface area contributed by atoms with Crippen molar-refractivity contribution in [3.8, 4) is 5.75 Å². The Morgan fingerprint density at radius 3 is 2.58 bits per heavy atom. The van der Waals surface area contributed by atoms with Crippen LogP contribution in [0.2, 0.25) is 0 Å². The van der Waals surface area contributed by atoms with Crippen LogP contribution in [0.3, 0.4) is 0 Å². The van der Waals surface area contributed by atoms with Crippen LogP contribution >= 0.6 is 12.4 Å². The first-order chi connectivity index (χ1) is 31.0. The Morgan fingerprint density at radius 2 is 1.82 bits per heavy atom. The van der Waals surface area contributed by atoms with E-state index in [4.69, 9.17) is 9.72 Å². The molecular weight excluding hydrogens is 850 g/mol. The monoisotopic (exact) mass is 911 g/mol. The van der Waals surface area contributed by atoms with E-state index in [1.165, 1.54) is 4.90 Å². The molecule has 1 saturated carbocycles. The average Bonchev–Trinajstić information content (AvgIpc) is 4.06. The number of carbonyl (C=O) groups excluding carboxylic acids is 6. The summed E-state index contributed by atoms with van der Waals surface area (Å²) in [5, 5.41) is 8.78. The van der Waals surface area contributed by atoms with Gasteiger partial charge in [-0.3, -0.25) is 34.1 Å². The number of imide groups is 1. The smallest absolute Gasteiger partial charge is 0.255 e. The van der Waals surface area contributed by atoms with Gasteiger partial charge >= 0.3 is 0 Å². The van der Waals surface area contributed by atoms with Gasteiger partial charge in [0, 0.05) is 92.9 Å². The number of hydrogen-bond acceptors (Lipinski definition) is 12. The zero-order chi connectivity index (χ0) is 44.9. The number of halogens is 1. The molecule has 17 heteroatoms. The van der Waals surface area contributed by atoms with E-state index in [0.29, 0.717) is 72.1 Å². The second-order valence-corrected chi connectivity index (χ2v) is 17.9. The largest absolute Gasteiger partial charge is 0.496 e. The minimum absolute atomic E-state index is 0. The van der Waals surface area contributed by atoms with Crippen LogP contribution in [-0.4, -0.2) is 120 Å². The van der Waals surface area contributed by atoms with Crippen molar-refractivity contribution in [2.75, 3.05) is 62.0 Å². The summed E-state index contributed by atoms with van der Waals surface area (Å²) in [7, 11) is 3.43. The van der Waals surface area contributed by atoms with E-state index >= 15 is 0 Å². The topological polar surface area (TPSA) is 186 Å². The van der Waals surface area contributed by atoms with Crippen molar-refractivity contribution < 1.29 is 33.5 Å². The van der Waals surface area contributed by atoms with E-state index in [2.05, 4.69) is 37.7 Å². The van der Waals surface area contributed by atoms with Crippen LogP contribution in [0.15, 0.2) is 42.6 Å². The van der Waals surface area contributed by atoms with E-state index < -0.39 is 11.9 Å². The summed E-state index contributed by atoms with van der Waals surface area (Å²) in [6.07, 6.45) is 11.2. The number of piperidine rings is 1. The van der Waals surface area contributed by atoms with Gasteiger partial charge in [0.05, 0.1) is 13.3 Å². The second kappa shape index (κ2) is 21.2. The third-order valence-electron chi connectivity index (χ3n) is 13.7. The van der Waals surface area contributed by atoms with Gasteiger partial charge in [-0.1, -0.05) is 38.0 Å². The lowest BCUT2D eigenvalue weighted by atomic mass is 9.96. The van der Waals surface area contributed by atoms with Crippen molar-refractivity contribution in [2.45, 2.75) is 115 Å². The van der Waals surface area contributed by atoms with Crippen LogP contribution in [0.1, 0.15) is 122 Å².